The van der Waals surface area contributed by atoms with Crippen molar-refractivity contribution >= 4 is 36.5 Å². The molecule has 0 bridgehead atoms. The number of nitrogens with zero attached hydrogens (tertiary/aromatic N) is 7. The number of carbonyl (C=O) groups excluding carboxylic acids is 1. The van der Waals surface area contributed by atoms with Crippen LogP contribution in [0.15, 0.2) is 53.8 Å². The van der Waals surface area contributed by atoms with E-state index in [2.05, 4.69) is 40.0 Å². The molecule has 1 atom stereocenters. The maximum atomic E-state index is 14.2. The van der Waals surface area contributed by atoms with Crippen molar-refractivity contribution in [2.24, 2.45) is 0 Å². The second kappa shape index (κ2) is 14.4. The van der Waals surface area contributed by atoms with Gasteiger partial charge in [0.1, 0.15) is 12.3 Å². The van der Waals surface area contributed by atoms with Crippen LogP contribution in [0.3, 0.4) is 0 Å². The van der Waals surface area contributed by atoms with Crippen LogP contribution >= 0.6 is 0 Å². The second-order valence-electron chi connectivity index (χ2n) is 13.4. The molecule has 50 heavy (non-hydrogen) atoms. The molecule has 18 heteroatoms. The number of benzene rings is 1. The fourth-order valence-electron chi connectivity index (χ4n) is 5.58. The molecular weight excluding hydrogens is 686 g/mol. The van der Waals surface area contributed by atoms with Crippen molar-refractivity contribution in [3.63, 3.8) is 0 Å². The quantitative estimate of drug-likeness (QED) is 0.118. The minimum absolute atomic E-state index is 0.134. The molecule has 4 heterocycles. The Labute approximate surface area is 284 Å². The molecule has 0 radical (unpaired) electrons. The van der Waals surface area contributed by atoms with E-state index in [4.69, 9.17) is 4.74 Å². The number of ether oxygens (including phenoxy) is 1. The lowest BCUT2D eigenvalue weighted by atomic mass is 10.1. The number of aromatic nitrogens is 5. The average molecular weight is 725 g/mol. The number of amides is 1. The van der Waals surface area contributed by atoms with E-state index < -0.39 is 55.6 Å². The van der Waals surface area contributed by atoms with Crippen LogP contribution in [-0.4, -0.2) is 82.0 Å². The van der Waals surface area contributed by atoms with Crippen LogP contribution in [0.1, 0.15) is 28.4 Å². The molecule has 270 valence electrons. The third-order valence-corrected chi connectivity index (χ3v) is 9.95. The number of halogens is 6. The van der Waals surface area contributed by atoms with Crippen LogP contribution in [-0.2, 0) is 30.4 Å². The molecule has 3 aromatic heterocycles. The summed E-state index contributed by atoms with van der Waals surface area (Å²) in [6, 6.07) is 7.28. The smallest absolute Gasteiger partial charge is 0.379 e. The van der Waals surface area contributed by atoms with Crippen molar-refractivity contribution in [2.75, 3.05) is 43.0 Å². The monoisotopic (exact) mass is 724 g/mol. The molecule has 1 N–H and O–H groups in total. The van der Waals surface area contributed by atoms with E-state index >= 15 is 0 Å². The Bertz CT molecular complexity index is 1860. The van der Waals surface area contributed by atoms with Gasteiger partial charge < -0.3 is 24.4 Å². The summed E-state index contributed by atoms with van der Waals surface area (Å²) in [7, 11) is -1.44. The Hall–Kier alpha value is -4.45. The molecule has 1 aliphatic heterocycles. The maximum Gasteiger partial charge on any atom is 0.423 e. The molecule has 0 aliphatic carbocycles. The zero-order valence-corrected chi connectivity index (χ0v) is 29.0. The van der Waals surface area contributed by atoms with Gasteiger partial charge in [0.25, 0.3) is 11.5 Å². The summed E-state index contributed by atoms with van der Waals surface area (Å²) >= 11 is 0. The lowest BCUT2D eigenvalue weighted by Gasteiger charge is -2.34. The molecule has 0 saturated carbocycles. The summed E-state index contributed by atoms with van der Waals surface area (Å²) in [5.74, 6) is -0.136. The van der Waals surface area contributed by atoms with Crippen LogP contribution in [0.5, 0.6) is 0 Å². The average Bonchev–Trinajstić information content (AvgIpc) is 3.40. The molecule has 1 aromatic carbocycles. The van der Waals surface area contributed by atoms with Gasteiger partial charge >= 0.3 is 12.4 Å². The Kier molecular flexibility index (Phi) is 10.6. The highest BCUT2D eigenvalue weighted by molar-refractivity contribution is 6.76. The topological polar surface area (TPSA) is 110 Å². The molecule has 5 rings (SSSR count). The van der Waals surface area contributed by atoms with Crippen LogP contribution in [0.25, 0.3) is 10.9 Å². The van der Waals surface area contributed by atoms with Crippen molar-refractivity contribution in [3.8, 4) is 0 Å². The van der Waals surface area contributed by atoms with E-state index in [0.29, 0.717) is 40.8 Å². The van der Waals surface area contributed by atoms with Gasteiger partial charge in [0.2, 0.25) is 5.95 Å². The fraction of sp³-hybridized carbons (Fsp3) is 0.469. The molecule has 0 spiro atoms. The van der Waals surface area contributed by atoms with Crippen molar-refractivity contribution < 1.29 is 35.9 Å². The number of rotatable bonds is 11. The third-order valence-electron chi connectivity index (χ3n) is 8.24. The first-order chi connectivity index (χ1) is 23.4. The van der Waals surface area contributed by atoms with Gasteiger partial charge in [0.15, 0.2) is 0 Å². The normalized spacial score (nSPS) is 15.1. The van der Waals surface area contributed by atoms with Gasteiger partial charge in [0.05, 0.1) is 23.0 Å². The van der Waals surface area contributed by atoms with Crippen molar-refractivity contribution in [1.82, 2.24) is 29.2 Å². The summed E-state index contributed by atoms with van der Waals surface area (Å²) in [6.45, 7) is 9.25. The van der Waals surface area contributed by atoms with Gasteiger partial charge in [-0.05, 0) is 19.0 Å². The minimum atomic E-state index is -4.95. The lowest BCUT2D eigenvalue weighted by Crippen LogP contribution is -2.49. The summed E-state index contributed by atoms with van der Waals surface area (Å²) in [4.78, 5) is 37.6. The number of alkyl halides is 6. The zero-order chi connectivity index (χ0) is 36.4. The zero-order valence-electron chi connectivity index (χ0n) is 28.0. The van der Waals surface area contributed by atoms with Crippen LogP contribution in [0, 0.1) is 0 Å². The van der Waals surface area contributed by atoms with Crippen LogP contribution < -0.4 is 15.8 Å². The number of carbonyl (C=O) groups is 1. The SMILES string of the molecule is CC(Cn1cc(C(=O)N2CCN(c3ncc(C(F)(F)F)cn3)CC2)c2ccccc21)Nc1cnn(COCC[Si](C)(C)C)c(=O)c1C(F)(F)F. The highest BCUT2D eigenvalue weighted by Crippen LogP contribution is 2.33. The van der Waals surface area contributed by atoms with E-state index in [0.717, 1.165) is 24.6 Å². The van der Waals surface area contributed by atoms with Gasteiger partial charge in [-0.1, -0.05) is 37.8 Å². The van der Waals surface area contributed by atoms with Crippen molar-refractivity contribution in [2.45, 2.75) is 64.3 Å². The van der Waals surface area contributed by atoms with Gasteiger partial charge in [0, 0.05) is 82.9 Å². The molecule has 1 fully saturated rings. The van der Waals surface area contributed by atoms with Crippen molar-refractivity contribution in [1.29, 1.82) is 0 Å². The van der Waals surface area contributed by atoms with E-state index in [1.165, 1.54) is 0 Å². The van der Waals surface area contributed by atoms with Crippen LogP contribution in [0.2, 0.25) is 25.7 Å². The van der Waals surface area contributed by atoms with E-state index in [9.17, 15) is 35.9 Å². The Morgan fingerprint density at radius 1 is 0.980 bits per heavy atom. The summed E-state index contributed by atoms with van der Waals surface area (Å²) < 4.78 is 89.0. The predicted octanol–water partition coefficient (Wildman–Crippen LogP) is 5.80. The molecule has 1 unspecified atom stereocenters. The number of nitrogens with one attached hydrogen (secondary N) is 1. The number of hydrogen-bond donors (Lipinski definition) is 1. The number of piperazine rings is 1. The Balaban J connectivity index is 1.28. The van der Waals surface area contributed by atoms with Crippen molar-refractivity contribution in [3.05, 3.63) is 76.1 Å². The summed E-state index contributed by atoms with van der Waals surface area (Å²) in [5.41, 5.74) is -3.03. The van der Waals surface area contributed by atoms with Crippen LogP contribution in [0.4, 0.5) is 38.0 Å². The summed E-state index contributed by atoms with van der Waals surface area (Å²) in [5, 5.41) is 7.37. The van der Waals surface area contributed by atoms with E-state index in [1.54, 1.807) is 51.8 Å². The first kappa shape index (κ1) is 36.8. The van der Waals surface area contributed by atoms with E-state index in [1.807, 2.05) is 0 Å². The first-order valence-corrected chi connectivity index (χ1v) is 19.7. The number of anilines is 2. The predicted molar refractivity (Wildman–Crippen MR) is 178 cm³/mol. The lowest BCUT2D eigenvalue weighted by molar-refractivity contribution is -0.139. The number of hydrogen-bond acceptors (Lipinski definition) is 8. The number of para-hydroxylation sites is 1. The summed E-state index contributed by atoms with van der Waals surface area (Å²) in [6.07, 6.45) is -5.43. The maximum absolute atomic E-state index is 14.2. The molecule has 1 aliphatic rings. The van der Waals surface area contributed by atoms with E-state index in [-0.39, 0.29) is 31.5 Å². The fourth-order valence-corrected chi connectivity index (χ4v) is 6.34. The Morgan fingerprint density at radius 3 is 2.26 bits per heavy atom. The molecular formula is C32H38F6N8O3Si. The van der Waals surface area contributed by atoms with Gasteiger partial charge in [-0.3, -0.25) is 9.59 Å². The number of fused-ring (bicyclic) bond motifs is 1. The highest BCUT2D eigenvalue weighted by atomic mass is 28.3. The largest absolute Gasteiger partial charge is 0.423 e. The second-order valence-corrected chi connectivity index (χ2v) is 19.0. The highest BCUT2D eigenvalue weighted by Gasteiger charge is 2.39. The van der Waals surface area contributed by atoms with Gasteiger partial charge in [-0.25, -0.2) is 14.6 Å². The third kappa shape index (κ3) is 8.63. The standard InChI is InChI=1S/C32H38F6N8O3Si/c1-21(42-25-17-41-46(20-49-13-14-50(2,3)4)29(48)27(25)32(36,37)38)18-45-19-24(23-7-5-6-8-26(23)45)28(47)43-9-11-44(12-10-43)30-39-15-22(16-40-30)31(33,34)35/h5-8,15-17,19,21,42H,9-14,18,20H2,1-4H3. The Morgan fingerprint density at radius 2 is 1.64 bits per heavy atom. The van der Waals surface area contributed by atoms with Gasteiger partial charge in [-0.2, -0.15) is 31.4 Å². The molecule has 1 amide bonds. The minimum Gasteiger partial charge on any atom is -0.379 e. The first-order valence-electron chi connectivity index (χ1n) is 16.0. The van der Waals surface area contributed by atoms with Gasteiger partial charge in [-0.15, -0.1) is 0 Å². The molecule has 4 aromatic rings. The molecule has 1 saturated heterocycles. The molecule has 11 nitrogen and oxygen atoms in total.